The molecule has 254 valence electrons. The van der Waals surface area contributed by atoms with E-state index in [1.165, 1.54) is 7.05 Å². The largest absolute Gasteiger partial charge is 0.439 e. The van der Waals surface area contributed by atoms with E-state index in [0.717, 1.165) is 55.8 Å². The summed E-state index contributed by atoms with van der Waals surface area (Å²) >= 11 is 0. The van der Waals surface area contributed by atoms with Crippen molar-refractivity contribution in [1.82, 2.24) is 20.1 Å². The number of carbonyl (C=O) groups excluding carboxylic acids is 2. The second kappa shape index (κ2) is 16.0. The van der Waals surface area contributed by atoms with E-state index in [1.54, 1.807) is 35.4 Å². The number of aryl methyl sites for hydroxylation is 1. The maximum atomic E-state index is 14.6. The van der Waals surface area contributed by atoms with Crippen LogP contribution in [0.5, 0.6) is 11.6 Å². The van der Waals surface area contributed by atoms with Crippen LogP contribution in [-0.2, 0) is 16.6 Å². The molecule has 1 aliphatic heterocycles. The molecular weight excluding hydrogens is 630 g/mol. The van der Waals surface area contributed by atoms with Gasteiger partial charge in [-0.2, -0.15) is 0 Å². The third kappa shape index (κ3) is 10.1. The maximum absolute atomic E-state index is 14.6. The number of aromatic nitrogens is 1. The van der Waals surface area contributed by atoms with E-state index < -0.39 is 33.6 Å². The molecule has 0 unspecified atom stereocenters. The van der Waals surface area contributed by atoms with Crippen molar-refractivity contribution >= 4 is 33.3 Å². The molecule has 0 radical (unpaired) electrons. The number of amides is 3. The van der Waals surface area contributed by atoms with Crippen LogP contribution in [0.3, 0.4) is 0 Å². The van der Waals surface area contributed by atoms with Crippen molar-refractivity contribution in [2.45, 2.75) is 58.5 Å². The van der Waals surface area contributed by atoms with Gasteiger partial charge in [0.2, 0.25) is 15.9 Å². The number of anilines is 2. The highest BCUT2D eigenvalue weighted by Gasteiger charge is 2.29. The van der Waals surface area contributed by atoms with Gasteiger partial charge in [0.1, 0.15) is 17.4 Å². The molecule has 2 heterocycles. The minimum absolute atomic E-state index is 0.0683. The van der Waals surface area contributed by atoms with E-state index in [2.05, 4.69) is 32.2 Å². The standard InChI is InChI=1S/C33H42F2N6O5S/c1-5-6-7-14-41(33(43)38-29-18-26(32(42)36-3)27(34)19-28(29)35)25-12-15-40(16-13-25)21-23-8-11-31(37-20-23)46-30-10-9-24(17-22(30)2)39-47(4,44)45/h8-11,17-20,25,39H,5-7,12-16,21H2,1-4H3,(H,36,42)(H,38,43). The molecule has 4 rings (SSSR count). The first-order chi connectivity index (χ1) is 22.4. The lowest BCUT2D eigenvalue weighted by Gasteiger charge is -2.38. The molecule has 0 aliphatic carbocycles. The molecule has 3 amide bonds. The molecule has 1 saturated heterocycles. The number of pyridine rings is 1. The molecule has 3 N–H and O–H groups in total. The van der Waals surface area contributed by atoms with Crippen LogP contribution in [0, 0.1) is 18.6 Å². The smallest absolute Gasteiger partial charge is 0.322 e. The summed E-state index contributed by atoms with van der Waals surface area (Å²) in [5.74, 6) is -1.70. The van der Waals surface area contributed by atoms with Gasteiger partial charge >= 0.3 is 6.03 Å². The van der Waals surface area contributed by atoms with Crippen molar-refractivity contribution < 1.29 is 31.5 Å². The SMILES string of the molecule is CCCCCN(C(=O)Nc1cc(C(=O)NC)c(F)cc1F)C1CCN(Cc2ccc(Oc3ccc(NS(C)(=O)=O)cc3C)nc2)CC1. The Kier molecular flexibility index (Phi) is 12.1. The van der Waals surface area contributed by atoms with Crippen molar-refractivity contribution in [3.05, 3.63) is 77.0 Å². The summed E-state index contributed by atoms with van der Waals surface area (Å²) in [5, 5.41) is 4.89. The van der Waals surface area contributed by atoms with Crippen LogP contribution in [0.15, 0.2) is 48.7 Å². The van der Waals surface area contributed by atoms with Gasteiger partial charge in [-0.1, -0.05) is 25.8 Å². The summed E-state index contributed by atoms with van der Waals surface area (Å²) < 4.78 is 60.1. The van der Waals surface area contributed by atoms with Gasteiger partial charge in [-0.05, 0) is 61.6 Å². The summed E-state index contributed by atoms with van der Waals surface area (Å²) in [7, 11) is -2.03. The average molecular weight is 673 g/mol. The highest BCUT2D eigenvalue weighted by Crippen LogP contribution is 2.28. The van der Waals surface area contributed by atoms with Crippen molar-refractivity contribution in [3.8, 4) is 11.6 Å². The number of piperidine rings is 1. The third-order valence-corrected chi connectivity index (χ3v) is 8.53. The van der Waals surface area contributed by atoms with Gasteiger partial charge in [-0.3, -0.25) is 14.4 Å². The fourth-order valence-corrected chi connectivity index (χ4v) is 6.04. The fraction of sp³-hybridized carbons (Fsp3) is 0.424. The van der Waals surface area contributed by atoms with Gasteiger partial charge in [0.25, 0.3) is 5.91 Å². The Labute approximate surface area is 274 Å². The van der Waals surface area contributed by atoms with Gasteiger partial charge in [0.15, 0.2) is 0 Å². The zero-order chi connectivity index (χ0) is 34.1. The van der Waals surface area contributed by atoms with E-state index in [9.17, 15) is 26.8 Å². The zero-order valence-electron chi connectivity index (χ0n) is 27.1. The first kappa shape index (κ1) is 35.6. The molecule has 47 heavy (non-hydrogen) atoms. The number of nitrogens with one attached hydrogen (secondary N) is 3. The minimum Gasteiger partial charge on any atom is -0.439 e. The summed E-state index contributed by atoms with van der Waals surface area (Å²) in [6.07, 6.45) is 6.98. The number of ether oxygens (including phenoxy) is 1. The molecule has 11 nitrogen and oxygen atoms in total. The van der Waals surface area contributed by atoms with Crippen molar-refractivity contribution in [1.29, 1.82) is 0 Å². The zero-order valence-corrected chi connectivity index (χ0v) is 27.9. The Balaban J connectivity index is 1.34. The van der Waals surface area contributed by atoms with Crippen molar-refractivity contribution in [3.63, 3.8) is 0 Å². The van der Waals surface area contributed by atoms with Crippen LogP contribution in [0.25, 0.3) is 0 Å². The molecule has 2 aromatic carbocycles. The van der Waals surface area contributed by atoms with Crippen LogP contribution in [0.1, 0.15) is 60.5 Å². The second-order valence-electron chi connectivity index (χ2n) is 11.7. The Hall–Kier alpha value is -4.30. The summed E-state index contributed by atoms with van der Waals surface area (Å²) in [6, 6.07) is 9.81. The van der Waals surface area contributed by atoms with Gasteiger partial charge in [0, 0.05) is 63.3 Å². The lowest BCUT2D eigenvalue weighted by atomic mass is 10.0. The fourth-order valence-electron chi connectivity index (χ4n) is 5.49. The summed E-state index contributed by atoms with van der Waals surface area (Å²) in [4.78, 5) is 33.9. The minimum atomic E-state index is -3.38. The maximum Gasteiger partial charge on any atom is 0.322 e. The molecule has 0 atom stereocenters. The van der Waals surface area contributed by atoms with E-state index >= 15 is 0 Å². The summed E-state index contributed by atoms with van der Waals surface area (Å²) in [5.41, 5.74) is 1.60. The number of rotatable bonds is 13. The first-order valence-corrected chi connectivity index (χ1v) is 17.5. The Morgan fingerprint density at radius 1 is 1.06 bits per heavy atom. The number of urea groups is 1. The number of carbonyl (C=O) groups is 2. The molecule has 0 spiro atoms. The number of unbranched alkanes of at least 4 members (excludes halogenated alkanes) is 2. The Morgan fingerprint density at radius 3 is 2.43 bits per heavy atom. The number of benzene rings is 2. The molecule has 0 saturated carbocycles. The molecule has 14 heteroatoms. The molecule has 1 aromatic heterocycles. The van der Waals surface area contributed by atoms with Gasteiger partial charge in [-0.25, -0.2) is 27.0 Å². The predicted octanol–water partition coefficient (Wildman–Crippen LogP) is 5.88. The second-order valence-corrected chi connectivity index (χ2v) is 13.4. The Bertz CT molecular complexity index is 1660. The normalized spacial score (nSPS) is 14.0. The van der Waals surface area contributed by atoms with E-state index in [1.807, 2.05) is 13.0 Å². The quantitative estimate of drug-likeness (QED) is 0.193. The van der Waals surface area contributed by atoms with Crippen molar-refractivity contribution in [2.24, 2.45) is 0 Å². The Morgan fingerprint density at radius 2 is 1.81 bits per heavy atom. The molecule has 0 bridgehead atoms. The number of halogens is 2. The lowest BCUT2D eigenvalue weighted by molar-refractivity contribution is 0.0959. The van der Waals surface area contributed by atoms with Crippen LogP contribution in [0.2, 0.25) is 0 Å². The molecular formula is C33H42F2N6O5S. The van der Waals surface area contributed by atoms with Crippen LogP contribution in [0.4, 0.5) is 25.0 Å². The monoisotopic (exact) mass is 672 g/mol. The highest BCUT2D eigenvalue weighted by molar-refractivity contribution is 7.92. The van der Waals surface area contributed by atoms with E-state index in [4.69, 9.17) is 4.74 Å². The number of sulfonamides is 1. The van der Waals surface area contributed by atoms with Gasteiger partial charge in [0.05, 0.1) is 17.5 Å². The van der Waals surface area contributed by atoms with Gasteiger partial charge < -0.3 is 20.3 Å². The number of hydrogen-bond donors (Lipinski definition) is 3. The van der Waals surface area contributed by atoms with Gasteiger partial charge in [-0.15, -0.1) is 0 Å². The third-order valence-electron chi connectivity index (χ3n) is 7.93. The van der Waals surface area contributed by atoms with E-state index in [0.29, 0.717) is 49.3 Å². The van der Waals surface area contributed by atoms with Crippen LogP contribution < -0.4 is 20.1 Å². The predicted molar refractivity (Wildman–Crippen MR) is 177 cm³/mol. The average Bonchev–Trinajstić information content (AvgIpc) is 3.02. The molecule has 1 fully saturated rings. The number of nitrogens with zero attached hydrogens (tertiary/aromatic N) is 3. The van der Waals surface area contributed by atoms with Crippen LogP contribution in [-0.4, -0.2) is 74.1 Å². The van der Waals surface area contributed by atoms with Crippen LogP contribution >= 0.6 is 0 Å². The number of likely N-dealkylation sites (tertiary alicyclic amines) is 1. The number of hydrogen-bond acceptors (Lipinski definition) is 7. The highest BCUT2D eigenvalue weighted by atomic mass is 32.2. The summed E-state index contributed by atoms with van der Waals surface area (Å²) in [6.45, 7) is 6.52. The topological polar surface area (TPSA) is 133 Å². The molecule has 1 aliphatic rings. The first-order valence-electron chi connectivity index (χ1n) is 15.6. The lowest BCUT2D eigenvalue weighted by Crippen LogP contribution is -2.49. The van der Waals surface area contributed by atoms with E-state index in [-0.39, 0.29) is 17.3 Å². The molecule has 3 aromatic rings. The van der Waals surface area contributed by atoms with Crippen molar-refractivity contribution in [2.75, 3.05) is 43.0 Å².